The van der Waals surface area contributed by atoms with Crippen LogP contribution >= 0.6 is 23.1 Å². The number of carbonyl (C=O) groups excluding carboxylic acids is 2. The van der Waals surface area contributed by atoms with Gasteiger partial charge in [-0.2, -0.15) is 0 Å². The average Bonchev–Trinajstić information content (AvgIpc) is 3.57. The molecule has 0 bridgehead atoms. The Kier molecular flexibility index (Phi) is 6.87. The third-order valence-electron chi connectivity index (χ3n) is 5.58. The maximum absolute atomic E-state index is 13.2. The minimum Gasteiger partial charge on any atom is -0.477 e. The van der Waals surface area contributed by atoms with E-state index in [1.165, 1.54) is 16.7 Å². The number of pyridine rings is 1. The summed E-state index contributed by atoms with van der Waals surface area (Å²) in [4.78, 5) is 55.8. The molecule has 1 saturated heterocycles. The minimum absolute atomic E-state index is 0.0209. The van der Waals surface area contributed by atoms with Crippen molar-refractivity contribution in [2.75, 3.05) is 11.5 Å². The molecule has 1 fully saturated rings. The van der Waals surface area contributed by atoms with E-state index in [4.69, 9.17) is 10.6 Å². The molecule has 190 valence electrons. The van der Waals surface area contributed by atoms with Gasteiger partial charge in [0.1, 0.15) is 28.6 Å². The van der Waals surface area contributed by atoms with E-state index in [1.54, 1.807) is 17.8 Å². The predicted molar refractivity (Wildman–Crippen MR) is 133 cm³/mol. The fourth-order valence-corrected chi connectivity index (χ4v) is 5.79. The van der Waals surface area contributed by atoms with Crippen LogP contribution in [-0.2, 0) is 32.4 Å². The number of β-lactam (4-membered cyclic amide) rings is 1. The van der Waals surface area contributed by atoms with Gasteiger partial charge in [-0.15, -0.1) is 23.1 Å². The van der Waals surface area contributed by atoms with Crippen molar-refractivity contribution in [2.45, 2.75) is 24.6 Å². The van der Waals surface area contributed by atoms with Crippen LogP contribution in [0.2, 0.25) is 0 Å². The minimum atomic E-state index is -1.19. The number of nitrogens with one attached hydrogen (secondary N) is 2. The van der Waals surface area contributed by atoms with Gasteiger partial charge in [-0.1, -0.05) is 11.2 Å². The number of hydrogen-bond acceptors (Lipinski definition) is 10. The van der Waals surface area contributed by atoms with E-state index in [9.17, 15) is 19.5 Å². The first-order valence-corrected chi connectivity index (χ1v) is 12.9. The highest BCUT2D eigenvalue weighted by Gasteiger charge is 2.54. The van der Waals surface area contributed by atoms with Gasteiger partial charge in [-0.3, -0.25) is 14.5 Å². The number of thiazole rings is 1. The van der Waals surface area contributed by atoms with Crippen LogP contribution in [-0.4, -0.2) is 65.6 Å². The molecule has 2 aliphatic rings. The second-order valence-electron chi connectivity index (χ2n) is 7.99. The highest BCUT2D eigenvalue weighted by Crippen LogP contribution is 2.40. The molecular weight excluding hydrogens is 520 g/mol. The monoisotopic (exact) mass is 541 g/mol. The van der Waals surface area contributed by atoms with Gasteiger partial charge in [0.15, 0.2) is 36.4 Å². The summed E-state index contributed by atoms with van der Waals surface area (Å²) in [6.07, 6.45) is 6.82. The number of carboxylic acid groups (broad SMARTS) is 1. The Morgan fingerprint density at radius 2 is 2.16 bits per heavy atom. The van der Waals surface area contributed by atoms with Crippen LogP contribution in [0.1, 0.15) is 11.5 Å². The number of nitrogen functional groups attached to an aromatic ring is 1. The quantitative estimate of drug-likeness (QED) is 0.126. The number of nitrogens with zero attached hydrogens (tertiary/aromatic N) is 5. The summed E-state index contributed by atoms with van der Waals surface area (Å²) in [5.41, 5.74) is 6.29. The van der Waals surface area contributed by atoms with Crippen molar-refractivity contribution in [3.05, 3.63) is 71.2 Å². The summed E-state index contributed by atoms with van der Waals surface area (Å²) in [6, 6.07) is 4.60. The number of aromatic amines is 1. The van der Waals surface area contributed by atoms with E-state index in [1.807, 2.05) is 35.2 Å². The molecule has 15 heteroatoms. The molecule has 0 radical (unpaired) electrons. The van der Waals surface area contributed by atoms with Gasteiger partial charge in [-0.05, 0) is 0 Å². The number of aromatic nitrogens is 4. The van der Waals surface area contributed by atoms with E-state index in [-0.39, 0.29) is 28.8 Å². The number of rotatable bonds is 9. The molecule has 3 aromatic rings. The molecule has 3 aromatic heterocycles. The standard InChI is InChI=1S/C22H20N8O5S2/c23-22-26-13(11-37-22)15(28-35-9-14-24-4-5-25-14)18(31)27-16-19(32)30-17(21(33)34)12(10-36-20(16)30)8-29-6-2-1-3-7-29/h1-7,11,16,20H,8-10H2,(H4-,23,24,25,26,27,31,33,34)/p+1/b28-15+/t16-,20-/m1/s1. The number of carbonyl (C=O) groups is 3. The van der Waals surface area contributed by atoms with Crippen molar-refractivity contribution in [1.82, 2.24) is 25.2 Å². The van der Waals surface area contributed by atoms with E-state index < -0.39 is 29.2 Å². The summed E-state index contributed by atoms with van der Waals surface area (Å²) in [7, 11) is 0. The number of fused-ring (bicyclic) bond motifs is 1. The number of nitrogens with two attached hydrogens (primary N) is 1. The van der Waals surface area contributed by atoms with Gasteiger partial charge < -0.3 is 26.0 Å². The second-order valence-corrected chi connectivity index (χ2v) is 9.98. The Balaban J connectivity index is 1.32. The first-order chi connectivity index (χ1) is 17.9. The van der Waals surface area contributed by atoms with Gasteiger partial charge in [-0.25, -0.2) is 19.3 Å². The summed E-state index contributed by atoms with van der Waals surface area (Å²) in [6.45, 7) is 0.311. The molecule has 2 atom stereocenters. The number of H-pyrrole nitrogens is 1. The molecule has 0 aliphatic carbocycles. The lowest BCUT2D eigenvalue weighted by Gasteiger charge is -2.49. The highest BCUT2D eigenvalue weighted by atomic mass is 32.2. The largest absolute Gasteiger partial charge is 0.477 e. The molecule has 0 unspecified atom stereocenters. The number of imidazole rings is 1. The van der Waals surface area contributed by atoms with E-state index in [0.29, 0.717) is 23.7 Å². The molecule has 0 saturated carbocycles. The van der Waals surface area contributed by atoms with Crippen LogP contribution in [0.4, 0.5) is 5.13 Å². The zero-order chi connectivity index (χ0) is 25.9. The number of thioether (sulfide) groups is 1. The van der Waals surface area contributed by atoms with Crippen LogP contribution in [0.25, 0.3) is 0 Å². The smallest absolute Gasteiger partial charge is 0.352 e. The molecular formula is C22H21N8O5S2+. The molecule has 2 aliphatic heterocycles. The van der Waals surface area contributed by atoms with Crippen LogP contribution < -0.4 is 15.6 Å². The number of hydrogen-bond donors (Lipinski definition) is 4. The first-order valence-electron chi connectivity index (χ1n) is 11.0. The van der Waals surface area contributed by atoms with Crippen molar-refractivity contribution in [3.8, 4) is 0 Å². The van der Waals surface area contributed by atoms with Crippen molar-refractivity contribution in [2.24, 2.45) is 5.16 Å². The molecule has 5 heterocycles. The lowest BCUT2D eigenvalue weighted by atomic mass is 10.0. The number of carboxylic acids is 1. The maximum atomic E-state index is 13.2. The predicted octanol–water partition coefficient (Wildman–Crippen LogP) is 0.0956. The Hall–Kier alpha value is -4.24. The van der Waals surface area contributed by atoms with E-state index >= 15 is 0 Å². The number of aliphatic carboxylic acids is 1. The molecule has 13 nitrogen and oxygen atoms in total. The van der Waals surface area contributed by atoms with Crippen LogP contribution in [0.15, 0.2) is 64.8 Å². The molecule has 2 amide bonds. The lowest BCUT2D eigenvalue weighted by molar-refractivity contribution is -0.689. The van der Waals surface area contributed by atoms with Crippen molar-refractivity contribution >= 4 is 51.7 Å². The van der Waals surface area contributed by atoms with E-state index in [2.05, 4.69) is 25.4 Å². The summed E-state index contributed by atoms with van der Waals surface area (Å²) in [5.74, 6) is -1.52. The Morgan fingerprint density at radius 1 is 1.35 bits per heavy atom. The normalized spacial score (nSPS) is 19.3. The molecule has 37 heavy (non-hydrogen) atoms. The van der Waals surface area contributed by atoms with Crippen LogP contribution in [0.3, 0.4) is 0 Å². The van der Waals surface area contributed by atoms with Crippen molar-refractivity contribution < 1.29 is 28.9 Å². The van der Waals surface area contributed by atoms with Gasteiger partial charge in [0, 0.05) is 41.2 Å². The third kappa shape index (κ3) is 5.03. The molecule has 5 N–H and O–H groups in total. The summed E-state index contributed by atoms with van der Waals surface area (Å²) < 4.78 is 1.84. The number of anilines is 1. The fourth-order valence-electron chi connectivity index (χ4n) is 3.91. The highest BCUT2D eigenvalue weighted by molar-refractivity contribution is 8.00. The molecule has 5 rings (SSSR count). The van der Waals surface area contributed by atoms with E-state index in [0.717, 1.165) is 11.3 Å². The second kappa shape index (κ2) is 10.4. The van der Waals surface area contributed by atoms with Gasteiger partial charge >= 0.3 is 5.97 Å². The first kappa shape index (κ1) is 24.5. The Labute approximate surface area is 218 Å². The zero-order valence-corrected chi connectivity index (χ0v) is 20.7. The SMILES string of the molecule is Nc1nc(/C(=N\OCc2ncc[nH]2)C(=O)N[C@@H]2C(=O)N3C(C(=O)O)=C(C[n+]4ccccc4)CS[C@H]23)cs1. The van der Waals surface area contributed by atoms with Gasteiger partial charge in [0.2, 0.25) is 0 Å². The van der Waals surface area contributed by atoms with Crippen LogP contribution in [0.5, 0.6) is 0 Å². The van der Waals surface area contributed by atoms with Crippen LogP contribution in [0, 0.1) is 0 Å². The summed E-state index contributed by atoms with van der Waals surface area (Å²) in [5, 5.41) is 17.7. The summed E-state index contributed by atoms with van der Waals surface area (Å²) >= 11 is 2.50. The zero-order valence-electron chi connectivity index (χ0n) is 19.1. The molecule has 0 aromatic carbocycles. The lowest BCUT2D eigenvalue weighted by Crippen LogP contribution is -2.71. The number of amides is 2. The maximum Gasteiger partial charge on any atom is 0.352 e. The fraction of sp³-hybridized carbons (Fsp3) is 0.227. The average molecular weight is 542 g/mol. The topological polar surface area (TPSA) is 180 Å². The Morgan fingerprint density at radius 3 is 2.84 bits per heavy atom. The third-order valence-corrected chi connectivity index (χ3v) is 7.59. The number of oxime groups is 1. The molecule has 0 spiro atoms. The Bertz CT molecular complexity index is 1390. The van der Waals surface area contributed by atoms with Gasteiger partial charge in [0.05, 0.1) is 0 Å². The van der Waals surface area contributed by atoms with Gasteiger partial charge in [0.25, 0.3) is 11.8 Å². The van der Waals surface area contributed by atoms with Crippen molar-refractivity contribution in [3.63, 3.8) is 0 Å². The van der Waals surface area contributed by atoms with Crippen molar-refractivity contribution in [1.29, 1.82) is 0 Å².